The Morgan fingerprint density at radius 1 is 1.50 bits per heavy atom. The maximum atomic E-state index is 8.88. The minimum atomic E-state index is -0.220. The van der Waals surface area contributed by atoms with Crippen LogP contribution in [0, 0.1) is 17.2 Å². The van der Waals surface area contributed by atoms with Crippen LogP contribution in [0.1, 0.15) is 18.3 Å². The van der Waals surface area contributed by atoms with Gasteiger partial charge < -0.3 is 9.15 Å². The zero-order chi connectivity index (χ0) is 10.1. The van der Waals surface area contributed by atoms with Crippen LogP contribution in [-0.2, 0) is 4.74 Å². The van der Waals surface area contributed by atoms with E-state index in [2.05, 4.69) is 37.9 Å². The monoisotopic (exact) mass is 319 g/mol. The molecule has 0 radical (unpaired) electrons. The van der Waals surface area contributed by atoms with Crippen molar-refractivity contribution in [1.29, 1.82) is 5.26 Å². The third-order valence-electron chi connectivity index (χ3n) is 2.20. The first kappa shape index (κ1) is 10.2. The summed E-state index contributed by atoms with van der Waals surface area (Å²) in [5.74, 6) is 0.604. The van der Waals surface area contributed by atoms with Crippen molar-refractivity contribution >= 4 is 31.9 Å². The standard InChI is InChI=1S/C9H7Br2NO2/c10-6-3-7(14-9(6)11)8-5(4-12)1-2-13-8/h3,5,8H,1-2H2. The Hall–Kier alpha value is -0.310. The van der Waals surface area contributed by atoms with Gasteiger partial charge in [0.25, 0.3) is 0 Å². The van der Waals surface area contributed by atoms with Crippen LogP contribution in [0.4, 0.5) is 0 Å². The number of nitrogens with zero attached hydrogens (tertiary/aromatic N) is 1. The lowest BCUT2D eigenvalue weighted by atomic mass is 10.0. The van der Waals surface area contributed by atoms with E-state index in [0.717, 1.165) is 10.9 Å². The third-order valence-corrected chi connectivity index (χ3v) is 3.91. The molecule has 2 unspecified atom stereocenters. The van der Waals surface area contributed by atoms with Gasteiger partial charge in [0.15, 0.2) is 4.67 Å². The van der Waals surface area contributed by atoms with Gasteiger partial charge in [-0.05, 0) is 44.3 Å². The van der Waals surface area contributed by atoms with Crippen LogP contribution < -0.4 is 0 Å². The maximum Gasteiger partial charge on any atom is 0.183 e. The van der Waals surface area contributed by atoms with Gasteiger partial charge in [0.05, 0.1) is 16.5 Å². The van der Waals surface area contributed by atoms with Crippen molar-refractivity contribution in [3.8, 4) is 6.07 Å². The van der Waals surface area contributed by atoms with E-state index in [1.165, 1.54) is 0 Å². The van der Waals surface area contributed by atoms with Crippen molar-refractivity contribution in [3.63, 3.8) is 0 Å². The van der Waals surface area contributed by atoms with Gasteiger partial charge in [0, 0.05) is 6.61 Å². The number of furan rings is 1. The summed E-state index contributed by atoms with van der Waals surface area (Å²) in [5, 5.41) is 8.88. The summed E-state index contributed by atoms with van der Waals surface area (Å²) in [5.41, 5.74) is 0. The first-order valence-electron chi connectivity index (χ1n) is 4.18. The average molecular weight is 321 g/mol. The summed E-state index contributed by atoms with van der Waals surface area (Å²) in [6, 6.07) is 4.06. The van der Waals surface area contributed by atoms with E-state index in [1.807, 2.05) is 6.07 Å². The molecule has 0 N–H and O–H groups in total. The van der Waals surface area contributed by atoms with Crippen LogP contribution in [0.2, 0.25) is 0 Å². The van der Waals surface area contributed by atoms with Gasteiger partial charge in [0.1, 0.15) is 11.9 Å². The molecule has 1 fully saturated rings. The van der Waals surface area contributed by atoms with Crippen LogP contribution in [0.25, 0.3) is 0 Å². The van der Waals surface area contributed by atoms with Crippen LogP contribution >= 0.6 is 31.9 Å². The van der Waals surface area contributed by atoms with Gasteiger partial charge in [0.2, 0.25) is 0 Å². The van der Waals surface area contributed by atoms with Crippen LogP contribution in [0.5, 0.6) is 0 Å². The maximum absolute atomic E-state index is 8.88. The second kappa shape index (κ2) is 4.05. The Morgan fingerprint density at radius 3 is 2.86 bits per heavy atom. The molecule has 0 spiro atoms. The Balaban J connectivity index is 2.27. The molecular formula is C9H7Br2NO2. The van der Waals surface area contributed by atoms with Crippen molar-refractivity contribution in [3.05, 3.63) is 21.0 Å². The van der Waals surface area contributed by atoms with Gasteiger partial charge in [-0.25, -0.2) is 0 Å². The van der Waals surface area contributed by atoms with E-state index in [0.29, 0.717) is 17.0 Å². The van der Waals surface area contributed by atoms with E-state index in [-0.39, 0.29) is 12.0 Å². The zero-order valence-corrected chi connectivity index (χ0v) is 10.3. The molecule has 1 aliphatic heterocycles. The number of ether oxygens (including phenoxy) is 1. The number of halogens is 2. The predicted molar refractivity (Wildman–Crippen MR) is 56.5 cm³/mol. The molecule has 0 bridgehead atoms. The Bertz CT molecular complexity index is 363. The van der Waals surface area contributed by atoms with Gasteiger partial charge in [-0.1, -0.05) is 0 Å². The summed E-state index contributed by atoms with van der Waals surface area (Å²) in [7, 11) is 0. The van der Waals surface area contributed by atoms with Crippen molar-refractivity contribution in [1.82, 2.24) is 0 Å². The van der Waals surface area contributed by atoms with Crippen LogP contribution in [0.15, 0.2) is 19.6 Å². The molecule has 2 atom stereocenters. The highest BCUT2D eigenvalue weighted by Crippen LogP contribution is 2.38. The molecule has 0 aromatic carbocycles. The fraction of sp³-hybridized carbons (Fsp3) is 0.444. The number of hydrogen-bond donors (Lipinski definition) is 0. The van der Waals surface area contributed by atoms with E-state index < -0.39 is 0 Å². The molecule has 1 aromatic heterocycles. The zero-order valence-electron chi connectivity index (χ0n) is 7.17. The molecule has 5 heteroatoms. The third kappa shape index (κ3) is 1.74. The number of hydrogen-bond acceptors (Lipinski definition) is 3. The highest BCUT2D eigenvalue weighted by molar-refractivity contribution is 9.13. The number of rotatable bonds is 1. The predicted octanol–water partition coefficient (Wildman–Crippen LogP) is 3.41. The second-order valence-corrected chi connectivity index (χ2v) is 4.66. The summed E-state index contributed by atoms with van der Waals surface area (Å²) >= 11 is 6.58. The van der Waals surface area contributed by atoms with Crippen LogP contribution in [-0.4, -0.2) is 6.61 Å². The molecule has 74 valence electrons. The normalized spacial score (nSPS) is 26.4. The average Bonchev–Trinajstić information content (AvgIpc) is 2.73. The summed E-state index contributed by atoms with van der Waals surface area (Å²) in [6.45, 7) is 0.624. The molecule has 3 nitrogen and oxygen atoms in total. The SMILES string of the molecule is N#CC1CCOC1c1cc(Br)c(Br)o1. The first-order valence-corrected chi connectivity index (χ1v) is 5.77. The van der Waals surface area contributed by atoms with E-state index in [1.54, 1.807) is 0 Å². The fourth-order valence-corrected chi connectivity index (χ4v) is 2.11. The largest absolute Gasteiger partial charge is 0.450 e. The second-order valence-electron chi connectivity index (χ2n) is 3.09. The molecule has 1 aromatic rings. The van der Waals surface area contributed by atoms with E-state index >= 15 is 0 Å². The van der Waals surface area contributed by atoms with Crippen molar-refractivity contribution in [2.24, 2.45) is 5.92 Å². The molecule has 1 saturated heterocycles. The van der Waals surface area contributed by atoms with Gasteiger partial charge >= 0.3 is 0 Å². The lowest BCUT2D eigenvalue weighted by Crippen LogP contribution is -2.03. The van der Waals surface area contributed by atoms with Crippen molar-refractivity contribution < 1.29 is 9.15 Å². The molecule has 0 saturated carbocycles. The Labute approximate surface area is 98.3 Å². The van der Waals surface area contributed by atoms with Gasteiger partial charge in [-0.15, -0.1) is 0 Å². The highest BCUT2D eigenvalue weighted by atomic mass is 79.9. The van der Waals surface area contributed by atoms with E-state index in [9.17, 15) is 0 Å². The minimum absolute atomic E-state index is 0.0973. The fourth-order valence-electron chi connectivity index (χ4n) is 1.51. The first-order chi connectivity index (χ1) is 6.72. The van der Waals surface area contributed by atoms with E-state index in [4.69, 9.17) is 14.4 Å². The summed E-state index contributed by atoms with van der Waals surface area (Å²) in [6.07, 6.45) is 0.555. The lowest BCUT2D eigenvalue weighted by molar-refractivity contribution is 0.0814. The molecule has 0 aliphatic carbocycles. The van der Waals surface area contributed by atoms with Crippen molar-refractivity contribution in [2.45, 2.75) is 12.5 Å². The molecule has 1 aliphatic rings. The molecular weight excluding hydrogens is 314 g/mol. The minimum Gasteiger partial charge on any atom is -0.450 e. The lowest BCUT2D eigenvalue weighted by Gasteiger charge is -2.08. The quantitative estimate of drug-likeness (QED) is 0.796. The molecule has 2 heterocycles. The van der Waals surface area contributed by atoms with Crippen LogP contribution in [0.3, 0.4) is 0 Å². The Kier molecular flexibility index (Phi) is 2.96. The molecule has 0 amide bonds. The smallest absolute Gasteiger partial charge is 0.183 e. The Morgan fingerprint density at radius 2 is 2.29 bits per heavy atom. The van der Waals surface area contributed by atoms with Gasteiger partial charge in [-0.2, -0.15) is 5.26 Å². The number of nitriles is 1. The highest BCUT2D eigenvalue weighted by Gasteiger charge is 2.32. The molecule has 14 heavy (non-hydrogen) atoms. The summed E-state index contributed by atoms with van der Waals surface area (Å²) < 4.78 is 12.4. The topological polar surface area (TPSA) is 46.2 Å². The van der Waals surface area contributed by atoms with Gasteiger partial charge in [-0.3, -0.25) is 0 Å². The molecule has 2 rings (SSSR count). The summed E-state index contributed by atoms with van der Waals surface area (Å²) in [4.78, 5) is 0. The van der Waals surface area contributed by atoms with Crippen molar-refractivity contribution in [2.75, 3.05) is 6.61 Å².